The van der Waals surface area contributed by atoms with Gasteiger partial charge in [-0.3, -0.25) is 14.4 Å². The lowest BCUT2D eigenvalue weighted by Gasteiger charge is -2.35. The van der Waals surface area contributed by atoms with Crippen LogP contribution in [0.4, 0.5) is 11.4 Å². The van der Waals surface area contributed by atoms with E-state index < -0.39 is 29.6 Å². The molecule has 3 aromatic carbocycles. The van der Waals surface area contributed by atoms with E-state index in [1.54, 1.807) is 9.80 Å². The number of aliphatic hydroxyl groups is 1. The molecule has 3 amide bonds. The molecule has 220 valence electrons. The van der Waals surface area contributed by atoms with Crippen molar-refractivity contribution in [2.24, 2.45) is 11.8 Å². The van der Waals surface area contributed by atoms with Gasteiger partial charge < -0.3 is 29.3 Å². The Bertz CT molecular complexity index is 1650. The Morgan fingerprint density at radius 3 is 2.37 bits per heavy atom. The third kappa shape index (κ3) is 4.25. The normalized spacial score (nSPS) is 28.1. The highest BCUT2D eigenvalue weighted by Gasteiger charge is 2.71. The van der Waals surface area contributed by atoms with Crippen LogP contribution in [0.1, 0.15) is 6.92 Å². The molecule has 3 aromatic rings. The lowest BCUT2D eigenvalue weighted by atomic mass is 9.77. The molecule has 7 rings (SSSR count). The van der Waals surface area contributed by atoms with E-state index in [0.29, 0.717) is 30.3 Å². The van der Waals surface area contributed by atoms with Crippen LogP contribution in [-0.4, -0.2) is 78.3 Å². The predicted molar refractivity (Wildman–Crippen MR) is 162 cm³/mol. The van der Waals surface area contributed by atoms with Crippen LogP contribution in [0.2, 0.25) is 0 Å². The number of benzene rings is 3. The van der Waals surface area contributed by atoms with Crippen molar-refractivity contribution in [1.82, 2.24) is 4.90 Å². The van der Waals surface area contributed by atoms with Crippen molar-refractivity contribution in [3.8, 4) is 5.75 Å². The number of ether oxygens (including phenoxy) is 2. The quantitative estimate of drug-likeness (QED) is 0.450. The molecule has 0 aromatic heterocycles. The van der Waals surface area contributed by atoms with Gasteiger partial charge in [0.2, 0.25) is 11.8 Å². The molecule has 5 atom stereocenters. The van der Waals surface area contributed by atoms with Gasteiger partial charge in [-0.25, -0.2) is 0 Å². The van der Waals surface area contributed by atoms with E-state index in [2.05, 4.69) is 0 Å². The van der Waals surface area contributed by atoms with E-state index in [-0.39, 0.29) is 37.4 Å². The van der Waals surface area contributed by atoms with Gasteiger partial charge in [0, 0.05) is 31.0 Å². The SMILES string of the molecule is CCOc1ccc(N2CC=C[C@@H]3O[C@]45C=CCN(c6ccc7ccccc7c6)C(=O)C4N(CCO)C(=O)[C@@H]5[C@@H]3C2=O)cc1. The van der Waals surface area contributed by atoms with Crippen molar-refractivity contribution < 1.29 is 29.0 Å². The lowest BCUT2D eigenvalue weighted by Crippen LogP contribution is -2.55. The minimum absolute atomic E-state index is 0.0414. The smallest absolute Gasteiger partial charge is 0.253 e. The van der Waals surface area contributed by atoms with Gasteiger partial charge in [-0.15, -0.1) is 0 Å². The largest absolute Gasteiger partial charge is 0.494 e. The van der Waals surface area contributed by atoms with E-state index in [0.717, 1.165) is 10.8 Å². The molecule has 4 aliphatic heterocycles. The van der Waals surface area contributed by atoms with Crippen LogP contribution in [-0.2, 0) is 19.1 Å². The summed E-state index contributed by atoms with van der Waals surface area (Å²) in [6.07, 6.45) is 6.71. The first kappa shape index (κ1) is 27.4. The van der Waals surface area contributed by atoms with Gasteiger partial charge in [-0.05, 0) is 54.1 Å². The number of likely N-dealkylation sites (tertiary alicyclic amines) is 1. The summed E-state index contributed by atoms with van der Waals surface area (Å²) in [5.74, 6) is -1.96. The van der Waals surface area contributed by atoms with Crippen LogP contribution >= 0.6 is 0 Å². The zero-order valence-corrected chi connectivity index (χ0v) is 23.8. The van der Waals surface area contributed by atoms with Gasteiger partial charge in [0.05, 0.1) is 31.2 Å². The molecule has 0 bridgehead atoms. The minimum Gasteiger partial charge on any atom is -0.494 e. The lowest BCUT2D eigenvalue weighted by molar-refractivity contribution is -0.141. The minimum atomic E-state index is -1.36. The Balaban J connectivity index is 1.27. The summed E-state index contributed by atoms with van der Waals surface area (Å²) in [5.41, 5.74) is 0.0329. The number of nitrogens with zero attached hydrogens (tertiary/aromatic N) is 3. The highest BCUT2D eigenvalue weighted by atomic mass is 16.5. The van der Waals surface area contributed by atoms with Crippen LogP contribution in [0.5, 0.6) is 5.75 Å². The van der Waals surface area contributed by atoms with Gasteiger partial charge in [0.1, 0.15) is 17.4 Å². The average Bonchev–Trinajstić information content (AvgIpc) is 3.32. The molecule has 9 heteroatoms. The van der Waals surface area contributed by atoms with Crippen molar-refractivity contribution in [1.29, 1.82) is 0 Å². The Morgan fingerprint density at radius 1 is 0.884 bits per heavy atom. The topological polar surface area (TPSA) is 99.6 Å². The molecule has 0 aliphatic carbocycles. The van der Waals surface area contributed by atoms with E-state index >= 15 is 0 Å². The van der Waals surface area contributed by atoms with Crippen LogP contribution < -0.4 is 14.5 Å². The van der Waals surface area contributed by atoms with Crippen molar-refractivity contribution in [3.05, 3.63) is 91.0 Å². The number of amides is 3. The molecular formula is C34H33N3O6. The van der Waals surface area contributed by atoms with Crippen LogP contribution in [0.3, 0.4) is 0 Å². The summed E-state index contributed by atoms with van der Waals surface area (Å²) in [5, 5.41) is 12.0. The Kier molecular flexibility index (Phi) is 6.79. The second-order valence-electron chi connectivity index (χ2n) is 11.3. The highest BCUT2D eigenvalue weighted by molar-refractivity contribution is 6.08. The Labute approximate surface area is 249 Å². The molecule has 9 nitrogen and oxygen atoms in total. The number of carbonyl (C=O) groups excluding carboxylic acids is 3. The van der Waals surface area contributed by atoms with Crippen molar-refractivity contribution in [3.63, 3.8) is 0 Å². The third-order valence-electron chi connectivity index (χ3n) is 9.00. The maximum Gasteiger partial charge on any atom is 0.253 e. The van der Waals surface area contributed by atoms with Crippen molar-refractivity contribution in [2.75, 3.05) is 42.6 Å². The Morgan fingerprint density at radius 2 is 1.60 bits per heavy atom. The fourth-order valence-corrected chi connectivity index (χ4v) is 7.18. The van der Waals surface area contributed by atoms with E-state index in [4.69, 9.17) is 9.47 Å². The van der Waals surface area contributed by atoms with Crippen molar-refractivity contribution in [2.45, 2.75) is 24.7 Å². The Hall–Kier alpha value is -4.47. The molecule has 1 spiro atoms. The zero-order chi connectivity index (χ0) is 29.7. The van der Waals surface area contributed by atoms with Gasteiger partial charge in [0.25, 0.3) is 5.91 Å². The van der Waals surface area contributed by atoms with Gasteiger partial charge >= 0.3 is 0 Å². The summed E-state index contributed by atoms with van der Waals surface area (Å²) in [7, 11) is 0. The number of carbonyl (C=O) groups is 3. The fraction of sp³-hybridized carbons (Fsp3) is 0.324. The number of hydrogen-bond donors (Lipinski definition) is 1. The average molecular weight is 580 g/mol. The molecule has 2 saturated heterocycles. The van der Waals surface area contributed by atoms with Crippen molar-refractivity contribution >= 4 is 39.9 Å². The molecule has 43 heavy (non-hydrogen) atoms. The van der Waals surface area contributed by atoms with Gasteiger partial charge in [-0.1, -0.05) is 54.6 Å². The van der Waals surface area contributed by atoms with Crippen LogP contribution in [0, 0.1) is 11.8 Å². The van der Waals surface area contributed by atoms with Crippen LogP contribution in [0.15, 0.2) is 91.0 Å². The number of rotatable bonds is 6. The monoisotopic (exact) mass is 579 g/mol. The zero-order valence-electron chi connectivity index (χ0n) is 23.8. The number of anilines is 2. The third-order valence-corrected chi connectivity index (χ3v) is 9.00. The van der Waals surface area contributed by atoms with Gasteiger partial charge in [-0.2, -0.15) is 0 Å². The van der Waals surface area contributed by atoms with E-state index in [1.165, 1.54) is 4.90 Å². The predicted octanol–water partition coefficient (Wildman–Crippen LogP) is 3.32. The molecule has 4 aliphatic rings. The summed E-state index contributed by atoms with van der Waals surface area (Å²) in [6.45, 7) is 2.69. The molecule has 1 unspecified atom stereocenters. The summed E-state index contributed by atoms with van der Waals surface area (Å²) in [6, 6.07) is 20.0. The fourth-order valence-electron chi connectivity index (χ4n) is 7.18. The molecule has 4 heterocycles. The number of hydrogen-bond acceptors (Lipinski definition) is 6. The second kappa shape index (κ2) is 10.7. The maximum atomic E-state index is 14.5. The summed E-state index contributed by atoms with van der Waals surface area (Å²) in [4.78, 5) is 47.7. The number of aliphatic hydroxyl groups excluding tert-OH is 1. The molecule has 1 N–H and O–H groups in total. The molecule has 0 saturated carbocycles. The summed E-state index contributed by atoms with van der Waals surface area (Å²) < 4.78 is 12.3. The number of fused-ring (bicyclic) bond motifs is 3. The molecule has 0 radical (unpaired) electrons. The standard InChI is InChI=1S/C34H33N3O6/c1-2-42-26-14-12-24(13-15-26)35-17-5-9-27-28(31(35)39)29-32(40)37(19-20-38)30-33(41)36(18-6-16-34(29,30)43-27)25-11-10-22-7-3-4-8-23(22)21-25/h3-16,21,27-30,38H,2,17-20H2,1H3/t27-,28+,29-,30?,34-/m0/s1. The maximum absolute atomic E-state index is 14.5. The first-order valence-electron chi connectivity index (χ1n) is 14.7. The second-order valence-corrected chi connectivity index (χ2v) is 11.3. The van der Waals surface area contributed by atoms with E-state index in [9.17, 15) is 19.5 Å². The first-order chi connectivity index (χ1) is 21.0. The van der Waals surface area contributed by atoms with Gasteiger partial charge in [0.15, 0.2) is 0 Å². The molecular weight excluding hydrogens is 546 g/mol. The molecule has 2 fully saturated rings. The van der Waals surface area contributed by atoms with Crippen LogP contribution in [0.25, 0.3) is 10.8 Å². The van der Waals surface area contributed by atoms with E-state index in [1.807, 2.05) is 98.0 Å². The first-order valence-corrected chi connectivity index (χ1v) is 14.7. The summed E-state index contributed by atoms with van der Waals surface area (Å²) >= 11 is 0. The highest BCUT2D eigenvalue weighted by Crippen LogP contribution is 2.53. The number of β-amino-alcohol motifs (C(OH)–C–C–N with tert-alkyl or cyclic N) is 1.